The van der Waals surface area contributed by atoms with Gasteiger partial charge < -0.3 is 20.3 Å². The monoisotopic (exact) mass is 499 g/mol. The number of hydrogen-bond acceptors (Lipinski definition) is 3. The van der Waals surface area contributed by atoms with Gasteiger partial charge in [-0.2, -0.15) is 0 Å². The summed E-state index contributed by atoms with van der Waals surface area (Å²) in [6, 6.07) is 9.74. The molecule has 0 radical (unpaired) electrons. The van der Waals surface area contributed by atoms with Crippen LogP contribution in [0.5, 0.6) is 5.75 Å². The zero-order valence-electron chi connectivity index (χ0n) is 18.8. The van der Waals surface area contributed by atoms with Crippen molar-refractivity contribution in [1.82, 2.24) is 4.90 Å². The van der Waals surface area contributed by atoms with E-state index in [0.717, 1.165) is 59.4 Å². The SMILES string of the molecule is COc1cc(NC(=O)C2CCC(CN3Cc4c(C)ccc(Br)c4NC3=O)CC2)ccc1C. The topological polar surface area (TPSA) is 70.7 Å². The molecule has 170 valence electrons. The minimum absolute atomic E-state index is 0.00709. The summed E-state index contributed by atoms with van der Waals surface area (Å²) in [5.74, 6) is 1.26. The second-order valence-corrected chi connectivity index (χ2v) is 9.77. The molecule has 0 spiro atoms. The lowest BCUT2D eigenvalue weighted by Crippen LogP contribution is -2.42. The molecule has 1 aliphatic heterocycles. The molecule has 3 amide bonds. The fourth-order valence-electron chi connectivity index (χ4n) is 4.72. The maximum Gasteiger partial charge on any atom is 0.322 e. The minimum Gasteiger partial charge on any atom is -0.496 e. The van der Waals surface area contributed by atoms with Gasteiger partial charge in [0.25, 0.3) is 0 Å². The number of carbonyl (C=O) groups is 2. The number of nitrogens with zero attached hydrogens (tertiary/aromatic N) is 1. The van der Waals surface area contributed by atoms with Gasteiger partial charge in [0.05, 0.1) is 12.8 Å². The molecule has 0 saturated heterocycles. The van der Waals surface area contributed by atoms with Crippen LogP contribution in [0.4, 0.5) is 16.2 Å². The normalized spacial score (nSPS) is 20.4. The van der Waals surface area contributed by atoms with Crippen LogP contribution in [0.2, 0.25) is 0 Å². The van der Waals surface area contributed by atoms with Crippen molar-refractivity contribution in [2.24, 2.45) is 11.8 Å². The lowest BCUT2D eigenvalue weighted by molar-refractivity contribution is -0.121. The predicted molar refractivity (Wildman–Crippen MR) is 130 cm³/mol. The molecule has 0 aromatic heterocycles. The van der Waals surface area contributed by atoms with Gasteiger partial charge in [0, 0.05) is 35.2 Å². The molecule has 2 N–H and O–H groups in total. The summed E-state index contributed by atoms with van der Waals surface area (Å²) in [6.07, 6.45) is 3.58. The van der Waals surface area contributed by atoms with E-state index in [1.807, 2.05) is 36.1 Å². The van der Waals surface area contributed by atoms with Crippen LogP contribution in [0.15, 0.2) is 34.8 Å². The van der Waals surface area contributed by atoms with E-state index in [2.05, 4.69) is 39.6 Å². The van der Waals surface area contributed by atoms with Crippen molar-refractivity contribution in [2.45, 2.75) is 46.1 Å². The van der Waals surface area contributed by atoms with Gasteiger partial charge in [-0.25, -0.2) is 4.79 Å². The maximum absolute atomic E-state index is 12.8. The minimum atomic E-state index is -0.0445. The summed E-state index contributed by atoms with van der Waals surface area (Å²) in [5, 5.41) is 6.08. The summed E-state index contributed by atoms with van der Waals surface area (Å²) < 4.78 is 6.27. The van der Waals surface area contributed by atoms with Crippen LogP contribution < -0.4 is 15.4 Å². The number of fused-ring (bicyclic) bond motifs is 1. The van der Waals surface area contributed by atoms with Crippen LogP contribution in [0.3, 0.4) is 0 Å². The van der Waals surface area contributed by atoms with E-state index in [4.69, 9.17) is 4.74 Å². The number of nitrogens with one attached hydrogen (secondary N) is 2. The number of rotatable bonds is 5. The Labute approximate surface area is 197 Å². The highest BCUT2D eigenvalue weighted by Gasteiger charge is 2.31. The highest BCUT2D eigenvalue weighted by Crippen LogP contribution is 2.36. The predicted octanol–water partition coefficient (Wildman–Crippen LogP) is 5.87. The number of ether oxygens (including phenoxy) is 1. The van der Waals surface area contributed by atoms with Crippen LogP contribution in [0, 0.1) is 25.7 Å². The molecule has 1 heterocycles. The molecule has 6 nitrogen and oxygen atoms in total. The number of hydrogen-bond donors (Lipinski definition) is 2. The van der Waals surface area contributed by atoms with Crippen molar-refractivity contribution in [3.63, 3.8) is 0 Å². The molecule has 7 heteroatoms. The van der Waals surface area contributed by atoms with Crippen molar-refractivity contribution >= 4 is 39.2 Å². The number of carbonyl (C=O) groups excluding carboxylic acids is 2. The molecule has 32 heavy (non-hydrogen) atoms. The van der Waals surface area contributed by atoms with Gasteiger partial charge in [-0.3, -0.25) is 4.79 Å². The van der Waals surface area contributed by atoms with Gasteiger partial charge in [-0.15, -0.1) is 0 Å². The average Bonchev–Trinajstić information content (AvgIpc) is 2.79. The van der Waals surface area contributed by atoms with Crippen LogP contribution in [-0.4, -0.2) is 30.5 Å². The highest BCUT2D eigenvalue weighted by molar-refractivity contribution is 9.10. The zero-order chi connectivity index (χ0) is 22.8. The Morgan fingerprint density at radius 2 is 1.88 bits per heavy atom. The molecule has 2 aromatic carbocycles. The van der Waals surface area contributed by atoms with Gasteiger partial charge in [-0.05, 0) is 90.2 Å². The lowest BCUT2D eigenvalue weighted by Gasteiger charge is -2.35. The molecule has 0 unspecified atom stereocenters. The van der Waals surface area contributed by atoms with E-state index in [1.54, 1.807) is 7.11 Å². The number of methoxy groups -OCH3 is 1. The molecule has 2 aliphatic rings. The molecular weight excluding hydrogens is 470 g/mol. The second kappa shape index (κ2) is 9.53. The van der Waals surface area contributed by atoms with Crippen LogP contribution in [0.25, 0.3) is 0 Å². The van der Waals surface area contributed by atoms with E-state index in [-0.39, 0.29) is 17.9 Å². The molecule has 0 bridgehead atoms. The maximum atomic E-state index is 12.8. The van der Waals surface area contributed by atoms with Crippen molar-refractivity contribution in [2.75, 3.05) is 24.3 Å². The number of amides is 3. The van der Waals surface area contributed by atoms with Crippen molar-refractivity contribution in [1.29, 1.82) is 0 Å². The molecule has 1 saturated carbocycles. The third-order valence-electron chi connectivity index (χ3n) is 6.74. The summed E-state index contributed by atoms with van der Waals surface area (Å²) in [5.41, 5.74) is 5.05. The fourth-order valence-corrected chi connectivity index (χ4v) is 5.19. The summed E-state index contributed by atoms with van der Waals surface area (Å²) >= 11 is 3.54. The molecule has 2 aromatic rings. The first kappa shape index (κ1) is 22.6. The quantitative estimate of drug-likeness (QED) is 0.540. The summed E-state index contributed by atoms with van der Waals surface area (Å²) in [4.78, 5) is 27.4. The van der Waals surface area contributed by atoms with Gasteiger partial charge in [0.1, 0.15) is 5.75 Å². The van der Waals surface area contributed by atoms with Gasteiger partial charge in [0.15, 0.2) is 0 Å². The zero-order valence-corrected chi connectivity index (χ0v) is 20.4. The first-order valence-corrected chi connectivity index (χ1v) is 11.9. The van der Waals surface area contributed by atoms with Crippen molar-refractivity contribution < 1.29 is 14.3 Å². The van der Waals surface area contributed by atoms with Crippen LogP contribution >= 0.6 is 15.9 Å². The Balaban J connectivity index is 1.32. The molecule has 4 rings (SSSR count). The van der Waals surface area contributed by atoms with E-state index in [9.17, 15) is 9.59 Å². The Morgan fingerprint density at radius 3 is 2.59 bits per heavy atom. The van der Waals surface area contributed by atoms with E-state index >= 15 is 0 Å². The number of anilines is 2. The number of halogens is 1. The molecule has 0 atom stereocenters. The Morgan fingerprint density at radius 1 is 1.16 bits per heavy atom. The smallest absolute Gasteiger partial charge is 0.322 e. The third kappa shape index (κ3) is 4.77. The van der Waals surface area contributed by atoms with E-state index in [0.29, 0.717) is 12.5 Å². The van der Waals surface area contributed by atoms with E-state index < -0.39 is 0 Å². The largest absolute Gasteiger partial charge is 0.496 e. The molecule has 1 fully saturated rings. The third-order valence-corrected chi connectivity index (χ3v) is 7.40. The Hall–Kier alpha value is -2.54. The number of benzene rings is 2. The van der Waals surface area contributed by atoms with E-state index in [1.165, 1.54) is 11.1 Å². The molecular formula is C25H30BrN3O3. The van der Waals surface area contributed by atoms with Gasteiger partial charge in [-0.1, -0.05) is 12.1 Å². The molecule has 1 aliphatic carbocycles. The van der Waals surface area contributed by atoms with Gasteiger partial charge >= 0.3 is 6.03 Å². The fraction of sp³-hybridized carbons (Fsp3) is 0.440. The van der Waals surface area contributed by atoms with Gasteiger partial charge in [0.2, 0.25) is 5.91 Å². The summed E-state index contributed by atoms with van der Waals surface area (Å²) in [7, 11) is 1.64. The van der Waals surface area contributed by atoms with Crippen molar-refractivity contribution in [3.8, 4) is 5.75 Å². The van der Waals surface area contributed by atoms with Crippen LogP contribution in [0.1, 0.15) is 42.4 Å². The first-order chi connectivity index (χ1) is 15.4. The van der Waals surface area contributed by atoms with Crippen LogP contribution in [-0.2, 0) is 11.3 Å². The van der Waals surface area contributed by atoms with Crippen molar-refractivity contribution in [3.05, 3.63) is 51.5 Å². The first-order valence-electron chi connectivity index (χ1n) is 11.1. The Kier molecular flexibility index (Phi) is 6.74. The average molecular weight is 500 g/mol. The number of aryl methyl sites for hydroxylation is 2. The highest BCUT2D eigenvalue weighted by atomic mass is 79.9. The Bertz CT molecular complexity index is 1030. The lowest BCUT2D eigenvalue weighted by atomic mass is 9.81. The second-order valence-electron chi connectivity index (χ2n) is 8.92. The standard InChI is InChI=1S/C25H30BrN3O3/c1-15-5-11-21(26)23-20(15)14-29(25(31)28-23)13-17-6-8-18(9-7-17)24(30)27-19-10-4-16(2)22(12-19)32-3/h4-5,10-12,17-18H,6-9,13-14H2,1-3H3,(H,27,30)(H,28,31). The summed E-state index contributed by atoms with van der Waals surface area (Å²) in [6.45, 7) is 5.41. The number of urea groups is 1.